The normalized spacial score (nSPS) is 12.3. The second-order valence-corrected chi connectivity index (χ2v) is 5.22. The van der Waals surface area contributed by atoms with Crippen molar-refractivity contribution >= 4 is 11.8 Å². The Kier molecular flexibility index (Phi) is 5.36. The number of benzene rings is 1. The molecule has 2 rings (SSSR count). The Morgan fingerprint density at radius 1 is 1.26 bits per heavy atom. The molecule has 2 aromatic rings. The Balaban J connectivity index is 2.07. The molecule has 100 valence electrons. The van der Waals surface area contributed by atoms with Gasteiger partial charge in [0.05, 0.1) is 6.20 Å². The molecule has 0 fully saturated rings. The monoisotopic (exact) mass is 276 g/mol. The van der Waals surface area contributed by atoms with E-state index >= 15 is 0 Å². The van der Waals surface area contributed by atoms with E-state index in [1.807, 2.05) is 25.1 Å². The maximum atomic E-state index is 13.8. The van der Waals surface area contributed by atoms with E-state index in [0.29, 0.717) is 5.56 Å². The van der Waals surface area contributed by atoms with Crippen LogP contribution in [0.3, 0.4) is 0 Å². The van der Waals surface area contributed by atoms with Gasteiger partial charge < -0.3 is 5.32 Å². The van der Waals surface area contributed by atoms with E-state index in [1.165, 1.54) is 11.1 Å². The Morgan fingerprint density at radius 2 is 2.05 bits per heavy atom. The molecule has 1 aromatic heterocycles. The molecule has 1 atom stereocenters. The van der Waals surface area contributed by atoms with Gasteiger partial charge in [0.1, 0.15) is 5.82 Å². The summed E-state index contributed by atoms with van der Waals surface area (Å²) in [5.74, 6) is 0.542. The van der Waals surface area contributed by atoms with E-state index in [1.54, 1.807) is 24.0 Å². The second kappa shape index (κ2) is 7.26. The molecule has 1 unspecified atom stereocenters. The highest BCUT2D eigenvalue weighted by Gasteiger charge is 2.14. The molecule has 0 aliphatic rings. The highest BCUT2D eigenvalue weighted by atomic mass is 32.2. The summed E-state index contributed by atoms with van der Waals surface area (Å²) in [4.78, 5) is 4.99. The highest BCUT2D eigenvalue weighted by Crippen LogP contribution is 2.25. The Hall–Kier alpha value is -1.39. The van der Waals surface area contributed by atoms with Gasteiger partial charge in [-0.1, -0.05) is 25.1 Å². The third-order valence-electron chi connectivity index (χ3n) is 2.79. The summed E-state index contributed by atoms with van der Waals surface area (Å²) in [6.45, 7) is 2.83. The van der Waals surface area contributed by atoms with Gasteiger partial charge in [-0.25, -0.2) is 4.39 Å². The molecule has 19 heavy (non-hydrogen) atoms. The van der Waals surface area contributed by atoms with Gasteiger partial charge in [-0.05, 0) is 24.7 Å². The maximum Gasteiger partial charge on any atom is 0.146 e. The van der Waals surface area contributed by atoms with Crippen LogP contribution in [-0.4, -0.2) is 17.3 Å². The van der Waals surface area contributed by atoms with Crippen LogP contribution in [0.2, 0.25) is 0 Å². The molecule has 0 aliphatic carbocycles. The van der Waals surface area contributed by atoms with Crippen molar-refractivity contribution in [3.05, 3.63) is 60.2 Å². The largest absolute Gasteiger partial charge is 0.309 e. The molecule has 1 aromatic carbocycles. The van der Waals surface area contributed by atoms with Gasteiger partial charge in [-0.15, -0.1) is 11.8 Å². The Morgan fingerprint density at radius 3 is 2.74 bits per heavy atom. The van der Waals surface area contributed by atoms with Crippen LogP contribution in [0.1, 0.15) is 18.5 Å². The summed E-state index contributed by atoms with van der Waals surface area (Å²) in [7, 11) is 0. The summed E-state index contributed by atoms with van der Waals surface area (Å²) in [6.07, 6.45) is 2.91. The lowest BCUT2D eigenvalue weighted by Crippen LogP contribution is -2.24. The van der Waals surface area contributed by atoms with Crippen LogP contribution in [0.4, 0.5) is 4.39 Å². The first-order valence-corrected chi connectivity index (χ1v) is 7.30. The van der Waals surface area contributed by atoms with Crippen molar-refractivity contribution in [1.29, 1.82) is 0 Å². The zero-order valence-corrected chi connectivity index (χ0v) is 11.7. The average molecular weight is 276 g/mol. The van der Waals surface area contributed by atoms with Crippen molar-refractivity contribution in [1.82, 2.24) is 10.3 Å². The Labute approximate surface area is 117 Å². The van der Waals surface area contributed by atoms with E-state index in [4.69, 9.17) is 0 Å². The molecule has 0 saturated carbocycles. The lowest BCUT2D eigenvalue weighted by molar-refractivity contribution is 0.541. The standard InChI is InChI=1S/C15H17FN2S/c1-2-18-15(13-8-9-17-10-14(13)16)11-19-12-6-4-3-5-7-12/h3-10,15,18H,2,11H2,1H3. The minimum absolute atomic E-state index is 0.00166. The molecule has 0 bridgehead atoms. The third-order valence-corrected chi connectivity index (χ3v) is 3.90. The van der Waals surface area contributed by atoms with Crippen molar-refractivity contribution in [3.8, 4) is 0 Å². The van der Waals surface area contributed by atoms with Crippen molar-refractivity contribution < 1.29 is 4.39 Å². The summed E-state index contributed by atoms with van der Waals surface area (Å²) in [5, 5.41) is 3.32. The zero-order chi connectivity index (χ0) is 13.5. The zero-order valence-electron chi connectivity index (χ0n) is 10.8. The average Bonchev–Trinajstić information content (AvgIpc) is 2.45. The lowest BCUT2D eigenvalue weighted by Gasteiger charge is -2.18. The van der Waals surface area contributed by atoms with Crippen molar-refractivity contribution in [2.45, 2.75) is 17.9 Å². The van der Waals surface area contributed by atoms with E-state index in [-0.39, 0.29) is 11.9 Å². The number of nitrogens with zero attached hydrogens (tertiary/aromatic N) is 1. The van der Waals surface area contributed by atoms with E-state index in [9.17, 15) is 4.39 Å². The van der Waals surface area contributed by atoms with Crippen LogP contribution in [-0.2, 0) is 0 Å². The number of aromatic nitrogens is 1. The van der Waals surface area contributed by atoms with E-state index in [0.717, 1.165) is 12.3 Å². The van der Waals surface area contributed by atoms with Gasteiger partial charge in [0, 0.05) is 28.5 Å². The predicted octanol–water partition coefficient (Wildman–Crippen LogP) is 3.66. The SMILES string of the molecule is CCNC(CSc1ccccc1)c1ccncc1F. The number of hydrogen-bond donors (Lipinski definition) is 1. The number of rotatable bonds is 6. The summed E-state index contributed by atoms with van der Waals surface area (Å²) in [6, 6.07) is 11.9. The number of hydrogen-bond acceptors (Lipinski definition) is 3. The minimum Gasteiger partial charge on any atom is -0.309 e. The summed E-state index contributed by atoms with van der Waals surface area (Å²) < 4.78 is 13.8. The van der Waals surface area contributed by atoms with Crippen molar-refractivity contribution in [2.75, 3.05) is 12.3 Å². The highest BCUT2D eigenvalue weighted by molar-refractivity contribution is 7.99. The van der Waals surface area contributed by atoms with Crippen LogP contribution in [0.15, 0.2) is 53.7 Å². The molecule has 0 aliphatic heterocycles. The maximum absolute atomic E-state index is 13.8. The quantitative estimate of drug-likeness (QED) is 0.815. The van der Waals surface area contributed by atoms with Crippen LogP contribution >= 0.6 is 11.8 Å². The van der Waals surface area contributed by atoms with Gasteiger partial charge in [0.25, 0.3) is 0 Å². The molecule has 0 spiro atoms. The topological polar surface area (TPSA) is 24.9 Å². The van der Waals surface area contributed by atoms with Crippen LogP contribution in [0.5, 0.6) is 0 Å². The lowest BCUT2D eigenvalue weighted by atomic mass is 10.1. The summed E-state index contributed by atoms with van der Waals surface area (Å²) in [5.41, 5.74) is 0.681. The Bertz CT molecular complexity index is 505. The van der Waals surface area contributed by atoms with E-state index in [2.05, 4.69) is 22.4 Å². The van der Waals surface area contributed by atoms with Crippen molar-refractivity contribution in [3.63, 3.8) is 0 Å². The van der Waals surface area contributed by atoms with Gasteiger partial charge in [0.2, 0.25) is 0 Å². The smallest absolute Gasteiger partial charge is 0.146 e. The van der Waals surface area contributed by atoms with E-state index < -0.39 is 0 Å². The van der Waals surface area contributed by atoms with Crippen LogP contribution in [0.25, 0.3) is 0 Å². The molecule has 0 radical (unpaired) electrons. The van der Waals surface area contributed by atoms with Gasteiger partial charge >= 0.3 is 0 Å². The first-order valence-electron chi connectivity index (χ1n) is 6.32. The first-order chi connectivity index (χ1) is 9.31. The molecule has 1 heterocycles. The number of halogens is 1. The second-order valence-electron chi connectivity index (χ2n) is 4.13. The van der Waals surface area contributed by atoms with Crippen LogP contribution < -0.4 is 5.32 Å². The fourth-order valence-electron chi connectivity index (χ4n) is 1.87. The van der Waals surface area contributed by atoms with Gasteiger partial charge in [-0.2, -0.15) is 0 Å². The fourth-order valence-corrected chi connectivity index (χ4v) is 2.88. The molecule has 1 N–H and O–H groups in total. The van der Waals surface area contributed by atoms with Crippen molar-refractivity contribution in [2.24, 2.45) is 0 Å². The molecule has 2 nitrogen and oxygen atoms in total. The fraction of sp³-hybridized carbons (Fsp3) is 0.267. The molecule has 4 heteroatoms. The number of thioether (sulfide) groups is 1. The minimum atomic E-state index is -0.248. The molecule has 0 amide bonds. The predicted molar refractivity (Wildman–Crippen MR) is 77.8 cm³/mol. The third kappa shape index (κ3) is 4.04. The summed E-state index contributed by atoms with van der Waals surface area (Å²) >= 11 is 1.72. The molecular weight excluding hydrogens is 259 g/mol. The molecular formula is C15H17FN2S. The van der Waals surface area contributed by atoms with Gasteiger partial charge in [0.15, 0.2) is 0 Å². The van der Waals surface area contributed by atoms with Gasteiger partial charge in [-0.3, -0.25) is 4.98 Å². The van der Waals surface area contributed by atoms with Crippen LogP contribution in [0, 0.1) is 5.82 Å². The molecule has 0 saturated heterocycles. The first kappa shape index (κ1) is 14.0. The number of nitrogens with one attached hydrogen (secondary N) is 1. The number of pyridine rings is 1.